The molecule has 0 amide bonds. The summed E-state index contributed by atoms with van der Waals surface area (Å²) in [6.07, 6.45) is 1.65. The maximum absolute atomic E-state index is 13.7. The van der Waals surface area contributed by atoms with Gasteiger partial charge in [0, 0.05) is 5.56 Å². The van der Waals surface area contributed by atoms with Gasteiger partial charge >= 0.3 is 0 Å². The Morgan fingerprint density at radius 1 is 1.08 bits per heavy atom. The van der Waals surface area contributed by atoms with Crippen molar-refractivity contribution >= 4 is 39.7 Å². The summed E-state index contributed by atoms with van der Waals surface area (Å²) in [6.45, 7) is 8.62. The van der Waals surface area contributed by atoms with E-state index in [1.165, 1.54) is 4.68 Å². The van der Waals surface area contributed by atoms with Gasteiger partial charge in [-0.05, 0) is 95.4 Å². The number of methoxy groups -OCH3 is 2. The van der Waals surface area contributed by atoms with Crippen LogP contribution >= 0.6 is 22.6 Å². The molecule has 0 aliphatic carbocycles. The number of para-hydroxylation sites is 1. The first-order valence-corrected chi connectivity index (χ1v) is 13.1. The molecule has 0 atom stereocenters. The number of aromatic nitrogens is 2. The average molecular weight is 611 g/mol. The Bertz CT molecular complexity index is 1540. The number of nitrogens with zero attached hydrogens (tertiary/aromatic N) is 3. The highest BCUT2D eigenvalue weighted by molar-refractivity contribution is 14.1. The number of aryl methyl sites for hydroxylation is 1. The van der Waals surface area contributed by atoms with Gasteiger partial charge in [-0.2, -0.15) is 9.78 Å². The molecule has 7 nitrogen and oxygen atoms in total. The summed E-state index contributed by atoms with van der Waals surface area (Å²) < 4.78 is 19.1. The second-order valence-corrected chi connectivity index (χ2v) is 10.0. The van der Waals surface area contributed by atoms with E-state index >= 15 is 0 Å². The van der Waals surface area contributed by atoms with E-state index in [-0.39, 0.29) is 11.5 Å². The van der Waals surface area contributed by atoms with Crippen LogP contribution in [0.1, 0.15) is 43.4 Å². The van der Waals surface area contributed by atoms with Crippen molar-refractivity contribution in [2.24, 2.45) is 5.10 Å². The van der Waals surface area contributed by atoms with E-state index in [0.29, 0.717) is 34.8 Å². The van der Waals surface area contributed by atoms with Crippen molar-refractivity contribution in [3.8, 4) is 28.6 Å². The van der Waals surface area contributed by atoms with Crippen LogP contribution in [0.3, 0.4) is 0 Å². The molecular weight excluding hydrogens is 581 g/mol. The number of fused-ring (bicyclic) bond motifs is 1. The van der Waals surface area contributed by atoms with Gasteiger partial charge in [-0.3, -0.25) is 4.79 Å². The van der Waals surface area contributed by atoms with E-state index in [1.54, 1.807) is 26.5 Å². The second kappa shape index (κ2) is 11.3. The van der Waals surface area contributed by atoms with Crippen molar-refractivity contribution in [2.75, 3.05) is 20.8 Å². The van der Waals surface area contributed by atoms with Crippen LogP contribution in [-0.2, 0) is 0 Å². The fraction of sp³-hybridized carbons (Fsp3) is 0.276. The van der Waals surface area contributed by atoms with Crippen molar-refractivity contribution in [3.05, 3.63) is 79.1 Å². The molecule has 0 saturated carbocycles. The van der Waals surface area contributed by atoms with Gasteiger partial charge in [0.25, 0.3) is 5.56 Å². The largest absolute Gasteiger partial charge is 0.496 e. The van der Waals surface area contributed by atoms with Crippen LogP contribution < -0.4 is 19.8 Å². The summed E-state index contributed by atoms with van der Waals surface area (Å²) in [5.74, 6) is 2.78. The first-order chi connectivity index (χ1) is 17.8. The third-order valence-corrected chi connectivity index (χ3v) is 6.85. The predicted molar refractivity (Wildman–Crippen MR) is 157 cm³/mol. The summed E-state index contributed by atoms with van der Waals surface area (Å²) in [4.78, 5) is 18.6. The molecule has 0 N–H and O–H groups in total. The van der Waals surface area contributed by atoms with E-state index in [0.717, 1.165) is 31.6 Å². The number of ether oxygens (including phenoxy) is 3. The van der Waals surface area contributed by atoms with Crippen LogP contribution in [0.2, 0.25) is 0 Å². The number of benzene rings is 3. The molecule has 0 aliphatic rings. The van der Waals surface area contributed by atoms with Crippen LogP contribution in [0.15, 0.2) is 58.4 Å². The van der Waals surface area contributed by atoms with E-state index in [9.17, 15) is 4.79 Å². The highest BCUT2D eigenvalue weighted by Crippen LogP contribution is 2.35. The number of hydrogen-bond acceptors (Lipinski definition) is 6. The quantitative estimate of drug-likeness (QED) is 0.170. The molecular formula is C29H30IN3O4. The second-order valence-electron chi connectivity index (χ2n) is 8.84. The summed E-state index contributed by atoms with van der Waals surface area (Å²) in [5.41, 5.74) is 3.94. The van der Waals surface area contributed by atoms with Crippen LogP contribution in [0, 0.1) is 10.5 Å². The van der Waals surface area contributed by atoms with Crippen molar-refractivity contribution < 1.29 is 14.2 Å². The molecule has 8 heteroatoms. The Morgan fingerprint density at radius 3 is 2.51 bits per heavy atom. The molecule has 0 radical (unpaired) electrons. The van der Waals surface area contributed by atoms with Crippen LogP contribution in [0.5, 0.6) is 17.2 Å². The first-order valence-electron chi connectivity index (χ1n) is 12.0. The van der Waals surface area contributed by atoms with Crippen LogP contribution in [0.25, 0.3) is 22.3 Å². The van der Waals surface area contributed by atoms with Gasteiger partial charge in [0.05, 0.1) is 41.5 Å². The zero-order valence-electron chi connectivity index (χ0n) is 21.8. The van der Waals surface area contributed by atoms with E-state index in [1.807, 2.05) is 56.3 Å². The lowest BCUT2D eigenvalue weighted by atomic mass is 9.96. The van der Waals surface area contributed by atoms with Crippen LogP contribution in [0.4, 0.5) is 0 Å². The molecule has 1 heterocycles. The zero-order chi connectivity index (χ0) is 26.7. The highest BCUT2D eigenvalue weighted by Gasteiger charge is 2.18. The maximum atomic E-state index is 13.7. The Hall–Kier alpha value is -3.40. The van der Waals surface area contributed by atoms with Crippen LogP contribution in [-0.4, -0.2) is 36.7 Å². The van der Waals surface area contributed by atoms with E-state index < -0.39 is 0 Å². The highest BCUT2D eigenvalue weighted by atomic mass is 127. The number of hydrogen-bond donors (Lipinski definition) is 0. The molecule has 4 rings (SSSR count). The lowest BCUT2D eigenvalue weighted by molar-refractivity contribution is 0.309. The third-order valence-electron chi connectivity index (χ3n) is 6.05. The molecule has 0 saturated heterocycles. The summed E-state index contributed by atoms with van der Waals surface area (Å²) in [7, 11) is 3.28. The Kier molecular flexibility index (Phi) is 8.16. The summed E-state index contributed by atoms with van der Waals surface area (Å²) in [5, 5.41) is 5.14. The lowest BCUT2D eigenvalue weighted by Gasteiger charge is -2.17. The summed E-state index contributed by atoms with van der Waals surface area (Å²) >= 11 is 2.20. The lowest BCUT2D eigenvalue weighted by Crippen LogP contribution is -2.21. The van der Waals surface area contributed by atoms with E-state index in [2.05, 4.69) is 41.5 Å². The normalized spacial score (nSPS) is 11.5. The molecule has 1 aromatic heterocycles. The monoisotopic (exact) mass is 611 g/mol. The molecule has 0 aliphatic heterocycles. The minimum Gasteiger partial charge on any atom is -0.496 e. The smallest absolute Gasteiger partial charge is 0.282 e. The minimum absolute atomic E-state index is 0.219. The zero-order valence-corrected chi connectivity index (χ0v) is 24.0. The van der Waals surface area contributed by atoms with Gasteiger partial charge in [0.2, 0.25) is 0 Å². The van der Waals surface area contributed by atoms with Gasteiger partial charge < -0.3 is 14.2 Å². The maximum Gasteiger partial charge on any atom is 0.282 e. The fourth-order valence-corrected chi connectivity index (χ4v) is 5.07. The van der Waals surface area contributed by atoms with Gasteiger partial charge in [-0.25, -0.2) is 4.98 Å². The molecule has 0 bridgehead atoms. The Morgan fingerprint density at radius 2 is 1.84 bits per heavy atom. The number of rotatable bonds is 8. The van der Waals surface area contributed by atoms with E-state index in [4.69, 9.17) is 19.2 Å². The fourth-order valence-electron chi connectivity index (χ4n) is 4.22. The number of halogens is 1. The van der Waals surface area contributed by atoms with Gasteiger partial charge in [0.15, 0.2) is 17.3 Å². The molecule has 4 aromatic rings. The van der Waals surface area contributed by atoms with Crippen molar-refractivity contribution in [1.82, 2.24) is 9.66 Å². The molecule has 0 fully saturated rings. The van der Waals surface area contributed by atoms with Crippen molar-refractivity contribution in [2.45, 2.75) is 33.6 Å². The van der Waals surface area contributed by atoms with Crippen molar-refractivity contribution in [3.63, 3.8) is 0 Å². The van der Waals surface area contributed by atoms with Gasteiger partial charge in [-0.1, -0.05) is 26.0 Å². The summed E-state index contributed by atoms with van der Waals surface area (Å²) in [6, 6.07) is 15.1. The predicted octanol–water partition coefficient (Wildman–Crippen LogP) is 6.40. The van der Waals surface area contributed by atoms with Crippen molar-refractivity contribution in [1.29, 1.82) is 0 Å². The molecule has 0 unspecified atom stereocenters. The molecule has 0 spiro atoms. The van der Waals surface area contributed by atoms with Gasteiger partial charge in [-0.15, -0.1) is 0 Å². The topological polar surface area (TPSA) is 74.9 Å². The molecule has 3 aromatic carbocycles. The molecule has 37 heavy (non-hydrogen) atoms. The SMILES string of the molecule is CCOc1cc(C=Nn2c(-c3cc(C(C)C)c(OC)cc3C)nc3ccccc3c2=O)cc(I)c1OC. The first kappa shape index (κ1) is 26.7. The average Bonchev–Trinajstić information content (AvgIpc) is 2.88. The Balaban J connectivity index is 1.95. The minimum atomic E-state index is -0.244. The standard InChI is InChI=1S/C29H30IN3O4/c1-7-37-26-14-19(13-23(30)27(26)36-6)16-31-33-28(32-24-11-9-8-10-20(24)29(33)34)22-15-21(17(2)3)25(35-5)12-18(22)4/h8-17H,7H2,1-6H3. The van der Waals surface area contributed by atoms with Gasteiger partial charge in [0.1, 0.15) is 5.75 Å². The molecule has 192 valence electrons. The third kappa shape index (κ3) is 5.34. The Labute approximate surface area is 230 Å².